The van der Waals surface area contributed by atoms with Crippen LogP contribution in [-0.4, -0.2) is 21.0 Å². The Morgan fingerprint density at radius 2 is 1.73 bits per heavy atom. The monoisotopic (exact) mass is 572 g/mol. The first kappa shape index (κ1) is 21.6. The zero-order chi connectivity index (χ0) is 20.1. The molecule has 5 rings (SSSR count). The summed E-state index contributed by atoms with van der Waals surface area (Å²) in [6.07, 6.45) is 16.6. The molecule has 2 aliphatic rings. The van der Waals surface area contributed by atoms with Crippen LogP contribution in [0.25, 0.3) is 17.3 Å². The van der Waals surface area contributed by atoms with Gasteiger partial charge in [-0.15, -0.1) is 41.0 Å². The van der Waals surface area contributed by atoms with E-state index in [0.717, 1.165) is 11.3 Å². The van der Waals surface area contributed by atoms with Gasteiger partial charge in [0.2, 0.25) is 0 Å². The smallest absolute Gasteiger partial charge is 0.354 e. The molecule has 1 N–H and O–H groups in total. The molecular weight excluding hydrogens is 553 g/mol. The molecule has 5 heteroatoms. The van der Waals surface area contributed by atoms with Crippen LogP contribution in [0.4, 0.5) is 0 Å². The molecule has 2 unspecified atom stereocenters. The minimum atomic E-state index is -0.990. The molecule has 1 aromatic carbocycles. The van der Waals surface area contributed by atoms with Crippen molar-refractivity contribution in [3.05, 3.63) is 114 Å². The van der Waals surface area contributed by atoms with Crippen LogP contribution in [0.15, 0.2) is 91.3 Å². The molecule has 151 valence electrons. The second kappa shape index (κ2) is 10.1. The molecule has 0 amide bonds. The molecule has 3 aromatic rings. The van der Waals surface area contributed by atoms with Crippen LogP contribution in [0, 0.1) is 12.0 Å². The van der Waals surface area contributed by atoms with Crippen LogP contribution >= 0.6 is 0 Å². The van der Waals surface area contributed by atoms with E-state index in [0.29, 0.717) is 11.8 Å². The third-order valence-corrected chi connectivity index (χ3v) is 4.88. The van der Waals surface area contributed by atoms with Crippen LogP contribution in [0.2, 0.25) is 0 Å². The van der Waals surface area contributed by atoms with Crippen molar-refractivity contribution in [3.63, 3.8) is 0 Å². The molecule has 30 heavy (non-hydrogen) atoms. The molecule has 2 heterocycles. The number of carboxylic acids is 1. The molecule has 2 aromatic heterocycles. The van der Waals surface area contributed by atoms with Gasteiger partial charge in [0.05, 0.1) is 0 Å². The number of pyridine rings is 2. The Morgan fingerprint density at radius 1 is 0.967 bits per heavy atom. The van der Waals surface area contributed by atoms with Crippen LogP contribution in [0.1, 0.15) is 27.5 Å². The van der Waals surface area contributed by atoms with Gasteiger partial charge in [0.1, 0.15) is 5.69 Å². The van der Waals surface area contributed by atoms with Gasteiger partial charge in [-0.1, -0.05) is 48.6 Å². The number of carbonyl (C=O) groups is 1. The number of hydrogen-bond acceptors (Lipinski definition) is 3. The number of carboxylic acid groups (broad SMARTS) is 1. The summed E-state index contributed by atoms with van der Waals surface area (Å²) < 4.78 is 0. The molecular formula is C25H19IrN2O2-. The first-order chi connectivity index (χ1) is 14.2. The molecule has 2 atom stereocenters. The van der Waals surface area contributed by atoms with Gasteiger partial charge in [-0.3, -0.25) is 0 Å². The summed E-state index contributed by atoms with van der Waals surface area (Å²) in [4.78, 5) is 18.1. The normalized spacial score (nSPS) is 17.6. The predicted octanol–water partition coefficient (Wildman–Crippen LogP) is 5.18. The number of benzene rings is 1. The van der Waals surface area contributed by atoms with Crippen LogP contribution in [-0.2, 0) is 20.1 Å². The van der Waals surface area contributed by atoms with E-state index in [1.165, 1.54) is 23.4 Å². The number of rotatable bonds is 2. The fraction of sp³-hybridized carbons (Fsp3) is 0.0800. The molecule has 4 nitrogen and oxygen atoms in total. The van der Waals surface area contributed by atoms with Crippen molar-refractivity contribution in [1.82, 2.24) is 9.97 Å². The molecule has 0 bridgehead atoms. The molecule has 0 saturated carbocycles. The molecule has 0 spiro atoms. The maximum absolute atomic E-state index is 10.1. The summed E-state index contributed by atoms with van der Waals surface area (Å²) >= 11 is 0. The molecule has 0 fully saturated rings. The van der Waals surface area contributed by atoms with Crippen molar-refractivity contribution < 1.29 is 30.0 Å². The van der Waals surface area contributed by atoms with E-state index in [-0.39, 0.29) is 25.8 Å². The van der Waals surface area contributed by atoms with E-state index in [1.54, 1.807) is 12.1 Å². The average molecular weight is 572 g/mol. The van der Waals surface area contributed by atoms with E-state index >= 15 is 0 Å². The summed E-state index contributed by atoms with van der Waals surface area (Å²) in [6, 6.07) is 18.4. The Kier molecular flexibility index (Phi) is 7.23. The van der Waals surface area contributed by atoms with E-state index in [2.05, 4.69) is 64.6 Å². The van der Waals surface area contributed by atoms with Gasteiger partial charge < -0.3 is 10.1 Å². The van der Waals surface area contributed by atoms with Gasteiger partial charge in [0.15, 0.2) is 0 Å². The van der Waals surface area contributed by atoms with Gasteiger partial charge >= 0.3 is 5.97 Å². The number of fused-ring (bicyclic) bond motifs is 3. The summed E-state index contributed by atoms with van der Waals surface area (Å²) in [7, 11) is 0. The predicted molar refractivity (Wildman–Crippen MR) is 113 cm³/mol. The quantitative estimate of drug-likeness (QED) is 0.431. The van der Waals surface area contributed by atoms with E-state index in [9.17, 15) is 4.79 Å². The minimum absolute atomic E-state index is 0. The summed E-state index contributed by atoms with van der Waals surface area (Å²) in [5, 5.41) is 8.32. The van der Waals surface area contributed by atoms with Crippen LogP contribution in [0.3, 0.4) is 0 Å². The summed E-state index contributed by atoms with van der Waals surface area (Å²) in [6.45, 7) is 0. The second-order valence-electron chi connectivity index (χ2n) is 6.72. The van der Waals surface area contributed by atoms with Crippen LogP contribution < -0.4 is 0 Å². The van der Waals surface area contributed by atoms with E-state index < -0.39 is 5.97 Å². The molecule has 0 aliphatic heterocycles. The Hall–Kier alpha value is -3.14. The molecule has 1 radical (unpaired) electrons. The third kappa shape index (κ3) is 4.88. The minimum Gasteiger partial charge on any atom is -0.477 e. The van der Waals surface area contributed by atoms with E-state index in [1.807, 2.05) is 24.4 Å². The number of aromatic nitrogens is 2. The first-order valence-corrected chi connectivity index (χ1v) is 9.37. The summed E-state index contributed by atoms with van der Waals surface area (Å²) in [5.74, 6) is -0.0702. The largest absolute Gasteiger partial charge is 0.477 e. The van der Waals surface area contributed by atoms with Crippen molar-refractivity contribution in [2.75, 3.05) is 0 Å². The topological polar surface area (TPSA) is 63.1 Å². The van der Waals surface area contributed by atoms with Gasteiger partial charge in [-0.05, 0) is 29.8 Å². The number of allylic oxidation sites excluding steroid dienone is 5. The second-order valence-corrected chi connectivity index (χ2v) is 6.72. The maximum atomic E-state index is 10.1. The standard InChI is InChI=1S/C19H14N.C6H5NO2.Ir/c1-2-6-17-14(5-1)8-9-15-10-11-16(13-18(15)17)19-7-3-4-12-20-19;8-6(9)5-3-1-2-4-7-5;/h1-10,12-14,17H;1-4H,(H,8,9);/q-1;;. The number of hydrogen-bond donors (Lipinski definition) is 1. The van der Waals surface area contributed by atoms with Gasteiger partial charge in [-0.25, -0.2) is 9.78 Å². The van der Waals surface area contributed by atoms with Gasteiger partial charge in [0, 0.05) is 38.4 Å². The van der Waals surface area contributed by atoms with Gasteiger partial charge in [0.25, 0.3) is 0 Å². The third-order valence-electron chi connectivity index (χ3n) is 4.88. The summed E-state index contributed by atoms with van der Waals surface area (Å²) in [5.41, 5.74) is 4.78. The van der Waals surface area contributed by atoms with E-state index in [4.69, 9.17) is 5.11 Å². The van der Waals surface area contributed by atoms with Crippen LogP contribution in [0.5, 0.6) is 0 Å². The molecule has 0 saturated heterocycles. The van der Waals surface area contributed by atoms with Gasteiger partial charge in [-0.2, -0.15) is 0 Å². The van der Waals surface area contributed by atoms with Crippen molar-refractivity contribution in [1.29, 1.82) is 0 Å². The van der Waals surface area contributed by atoms with Crippen molar-refractivity contribution in [3.8, 4) is 11.3 Å². The SMILES string of the molecule is O=C(O)c1ccccn1.[Ir].[c-]1cc2c(cc1-c1ccccn1)C1C=CC=CC1C=C2. The zero-order valence-electron chi connectivity index (χ0n) is 16.0. The van der Waals surface area contributed by atoms with Crippen molar-refractivity contribution in [2.24, 2.45) is 5.92 Å². The average Bonchev–Trinajstić information content (AvgIpc) is 2.80. The number of aromatic carboxylic acids is 1. The van der Waals surface area contributed by atoms with Crippen molar-refractivity contribution >= 4 is 12.0 Å². The first-order valence-electron chi connectivity index (χ1n) is 9.37. The number of nitrogens with zero attached hydrogens (tertiary/aromatic N) is 2. The Balaban J connectivity index is 0.000000218. The van der Waals surface area contributed by atoms with Crippen molar-refractivity contribution in [2.45, 2.75) is 5.92 Å². The fourth-order valence-corrected chi connectivity index (χ4v) is 3.45. The zero-order valence-corrected chi connectivity index (χ0v) is 18.4. The Morgan fingerprint density at radius 3 is 2.40 bits per heavy atom. The Labute approximate surface area is 189 Å². The maximum Gasteiger partial charge on any atom is 0.354 e. The Bertz CT molecular complexity index is 1090. The molecule has 2 aliphatic carbocycles. The fourth-order valence-electron chi connectivity index (χ4n) is 3.45.